The van der Waals surface area contributed by atoms with E-state index in [-0.39, 0.29) is 18.3 Å². The Hall–Kier alpha value is -1.96. The average molecular weight is 325 g/mol. The minimum Gasteiger partial charge on any atom is -0.366 e. The van der Waals surface area contributed by atoms with Gasteiger partial charge in [-0.15, -0.1) is 12.4 Å². The molecule has 8 heteroatoms. The number of benzene rings is 1. The lowest BCUT2D eigenvalue weighted by molar-refractivity contribution is -0.128. The molecule has 1 aliphatic heterocycles. The molecule has 1 atom stereocenters. The van der Waals surface area contributed by atoms with E-state index in [4.69, 9.17) is 9.26 Å². The van der Waals surface area contributed by atoms with Crippen molar-refractivity contribution in [3.8, 4) is 11.4 Å². The number of rotatable bonds is 3. The number of amides is 1. The first-order valence-corrected chi connectivity index (χ1v) is 6.76. The maximum atomic E-state index is 12.1. The van der Waals surface area contributed by atoms with Gasteiger partial charge >= 0.3 is 0 Å². The summed E-state index contributed by atoms with van der Waals surface area (Å²) in [5, 5.41) is 9.82. The van der Waals surface area contributed by atoms with Gasteiger partial charge in [-0.3, -0.25) is 4.79 Å². The maximum Gasteiger partial charge on any atom is 0.254 e. The van der Waals surface area contributed by atoms with Crippen molar-refractivity contribution >= 4 is 24.0 Å². The van der Waals surface area contributed by atoms with Crippen LogP contribution in [0.1, 0.15) is 5.89 Å². The summed E-state index contributed by atoms with van der Waals surface area (Å²) in [6.45, 7) is 3.57. The van der Waals surface area contributed by atoms with Gasteiger partial charge in [0.25, 0.3) is 5.91 Å². The smallest absolute Gasteiger partial charge is 0.254 e. The predicted octanol–water partition coefficient (Wildman–Crippen LogP) is 1.39. The van der Waals surface area contributed by atoms with Crippen molar-refractivity contribution in [1.82, 2.24) is 15.5 Å². The number of anilines is 1. The van der Waals surface area contributed by atoms with E-state index in [1.54, 1.807) is 13.0 Å². The van der Waals surface area contributed by atoms with Gasteiger partial charge in [0.2, 0.25) is 11.7 Å². The van der Waals surface area contributed by atoms with Gasteiger partial charge in [0.15, 0.2) is 0 Å². The molecule has 2 N–H and O–H groups in total. The van der Waals surface area contributed by atoms with Crippen molar-refractivity contribution in [2.75, 3.05) is 25.0 Å². The standard InChI is InChI=1S/C14H16N4O3.ClH/c1-9-16-13(18-21-9)10-3-2-4-11(7-10)17-14(19)12-8-15-5-6-20-12;/h2-4,7,12,15H,5-6,8H2,1H3,(H,17,19);1H. The van der Waals surface area contributed by atoms with Crippen LogP contribution in [0.2, 0.25) is 0 Å². The Morgan fingerprint density at radius 3 is 3.00 bits per heavy atom. The van der Waals surface area contributed by atoms with Crippen LogP contribution in [0.4, 0.5) is 5.69 Å². The number of hydrogen-bond donors (Lipinski definition) is 2. The van der Waals surface area contributed by atoms with E-state index in [0.717, 1.165) is 12.1 Å². The summed E-state index contributed by atoms with van der Waals surface area (Å²) >= 11 is 0. The van der Waals surface area contributed by atoms with Gasteiger partial charge in [0.1, 0.15) is 6.10 Å². The Morgan fingerprint density at radius 2 is 2.32 bits per heavy atom. The molecule has 3 rings (SSSR count). The van der Waals surface area contributed by atoms with E-state index in [9.17, 15) is 4.79 Å². The minimum atomic E-state index is -0.463. The Morgan fingerprint density at radius 1 is 1.45 bits per heavy atom. The molecule has 0 aliphatic carbocycles. The molecular weight excluding hydrogens is 308 g/mol. The third-order valence-corrected chi connectivity index (χ3v) is 3.14. The van der Waals surface area contributed by atoms with E-state index in [1.807, 2.05) is 18.2 Å². The van der Waals surface area contributed by atoms with Crippen LogP contribution in [0.25, 0.3) is 11.4 Å². The summed E-state index contributed by atoms with van der Waals surface area (Å²) in [6.07, 6.45) is -0.463. The number of nitrogens with one attached hydrogen (secondary N) is 2. The van der Waals surface area contributed by atoms with Crippen molar-refractivity contribution in [2.45, 2.75) is 13.0 Å². The van der Waals surface area contributed by atoms with Crippen LogP contribution < -0.4 is 10.6 Å². The fraction of sp³-hybridized carbons (Fsp3) is 0.357. The summed E-state index contributed by atoms with van der Waals surface area (Å²) in [5.74, 6) is 0.837. The third-order valence-electron chi connectivity index (χ3n) is 3.14. The molecule has 7 nitrogen and oxygen atoms in total. The molecular formula is C14H17ClN4O3. The van der Waals surface area contributed by atoms with Crippen LogP contribution in [0.3, 0.4) is 0 Å². The van der Waals surface area contributed by atoms with Gasteiger partial charge in [-0.05, 0) is 12.1 Å². The summed E-state index contributed by atoms with van der Waals surface area (Å²) in [7, 11) is 0. The molecule has 0 radical (unpaired) electrons. The first-order chi connectivity index (χ1) is 10.2. The molecule has 22 heavy (non-hydrogen) atoms. The molecule has 0 spiro atoms. The highest BCUT2D eigenvalue weighted by Crippen LogP contribution is 2.20. The molecule has 2 heterocycles. The van der Waals surface area contributed by atoms with E-state index in [1.165, 1.54) is 0 Å². The topological polar surface area (TPSA) is 89.3 Å². The van der Waals surface area contributed by atoms with Gasteiger partial charge in [0, 0.05) is 31.3 Å². The predicted molar refractivity (Wildman–Crippen MR) is 83.0 cm³/mol. The monoisotopic (exact) mass is 324 g/mol. The van der Waals surface area contributed by atoms with Gasteiger partial charge in [-0.2, -0.15) is 4.98 Å². The number of nitrogens with zero attached hydrogens (tertiary/aromatic N) is 2. The van der Waals surface area contributed by atoms with Crippen LogP contribution in [0, 0.1) is 6.92 Å². The molecule has 118 valence electrons. The number of ether oxygens (including phenoxy) is 1. The number of hydrogen-bond acceptors (Lipinski definition) is 6. The third kappa shape index (κ3) is 3.82. The van der Waals surface area contributed by atoms with E-state index < -0.39 is 6.10 Å². The lowest BCUT2D eigenvalue weighted by atomic mass is 10.2. The molecule has 1 aliphatic rings. The number of carbonyl (C=O) groups excluding carboxylic acids is 1. The van der Waals surface area contributed by atoms with Gasteiger partial charge in [-0.25, -0.2) is 0 Å². The van der Waals surface area contributed by atoms with Crippen molar-refractivity contribution in [3.05, 3.63) is 30.2 Å². The fourth-order valence-electron chi connectivity index (χ4n) is 2.11. The number of carbonyl (C=O) groups is 1. The summed E-state index contributed by atoms with van der Waals surface area (Å²) in [6, 6.07) is 7.30. The second kappa shape index (κ2) is 7.35. The molecule has 1 saturated heterocycles. The largest absolute Gasteiger partial charge is 0.366 e. The zero-order valence-corrected chi connectivity index (χ0v) is 12.9. The minimum absolute atomic E-state index is 0. The quantitative estimate of drug-likeness (QED) is 0.887. The lowest BCUT2D eigenvalue weighted by Gasteiger charge is -2.22. The molecule has 1 fully saturated rings. The zero-order valence-electron chi connectivity index (χ0n) is 12.0. The number of aromatic nitrogens is 2. The Balaban J connectivity index is 0.00000176. The molecule has 0 saturated carbocycles. The molecule has 1 amide bonds. The van der Waals surface area contributed by atoms with E-state index in [2.05, 4.69) is 20.8 Å². The Kier molecular flexibility index (Phi) is 5.48. The number of morpholine rings is 1. The van der Waals surface area contributed by atoms with Crippen molar-refractivity contribution in [3.63, 3.8) is 0 Å². The van der Waals surface area contributed by atoms with Crippen LogP contribution in [-0.4, -0.2) is 41.8 Å². The highest BCUT2D eigenvalue weighted by molar-refractivity contribution is 5.94. The normalized spacial score (nSPS) is 17.6. The highest BCUT2D eigenvalue weighted by Gasteiger charge is 2.21. The van der Waals surface area contributed by atoms with E-state index >= 15 is 0 Å². The number of halogens is 1. The van der Waals surface area contributed by atoms with Gasteiger partial charge in [0.05, 0.1) is 6.61 Å². The SMILES string of the molecule is Cc1nc(-c2cccc(NC(=O)C3CNCCO3)c2)no1.Cl. The van der Waals surface area contributed by atoms with Crippen molar-refractivity contribution < 1.29 is 14.1 Å². The molecule has 1 unspecified atom stereocenters. The lowest BCUT2D eigenvalue weighted by Crippen LogP contribution is -2.45. The van der Waals surface area contributed by atoms with Crippen molar-refractivity contribution in [2.24, 2.45) is 0 Å². The second-order valence-corrected chi connectivity index (χ2v) is 4.77. The number of aryl methyl sites for hydroxylation is 1. The summed E-state index contributed by atoms with van der Waals surface area (Å²) < 4.78 is 10.4. The maximum absolute atomic E-state index is 12.1. The van der Waals surface area contributed by atoms with Crippen LogP contribution in [0.5, 0.6) is 0 Å². The Bertz CT molecular complexity index is 641. The summed E-state index contributed by atoms with van der Waals surface area (Å²) in [5.41, 5.74) is 1.46. The second-order valence-electron chi connectivity index (χ2n) is 4.77. The first-order valence-electron chi connectivity index (χ1n) is 6.76. The first kappa shape index (κ1) is 16.4. The van der Waals surface area contributed by atoms with Gasteiger partial charge in [-0.1, -0.05) is 17.3 Å². The molecule has 1 aromatic carbocycles. The molecule has 2 aromatic rings. The average Bonchev–Trinajstić information content (AvgIpc) is 2.95. The van der Waals surface area contributed by atoms with Crippen LogP contribution in [0.15, 0.2) is 28.8 Å². The van der Waals surface area contributed by atoms with Crippen LogP contribution in [-0.2, 0) is 9.53 Å². The Labute approximate surface area is 133 Å². The molecule has 0 bridgehead atoms. The van der Waals surface area contributed by atoms with Crippen molar-refractivity contribution in [1.29, 1.82) is 0 Å². The van der Waals surface area contributed by atoms with Crippen LogP contribution >= 0.6 is 12.4 Å². The highest BCUT2D eigenvalue weighted by atomic mass is 35.5. The molecule has 1 aromatic heterocycles. The van der Waals surface area contributed by atoms with E-state index in [0.29, 0.717) is 30.6 Å². The van der Waals surface area contributed by atoms with Gasteiger partial charge < -0.3 is 19.9 Å². The summed E-state index contributed by atoms with van der Waals surface area (Å²) in [4.78, 5) is 16.3. The zero-order chi connectivity index (χ0) is 14.7. The fourth-order valence-corrected chi connectivity index (χ4v) is 2.11.